The van der Waals surface area contributed by atoms with Gasteiger partial charge in [0.05, 0.1) is 6.54 Å². The largest absolute Gasteiger partial charge is 0.480 e. The van der Waals surface area contributed by atoms with Gasteiger partial charge in [0, 0.05) is 12.1 Å². The second-order valence-electron chi connectivity index (χ2n) is 3.59. The molecule has 2 aliphatic carbocycles. The van der Waals surface area contributed by atoms with Gasteiger partial charge in [-0.3, -0.25) is 9.69 Å². The summed E-state index contributed by atoms with van der Waals surface area (Å²) in [5.41, 5.74) is 0. The van der Waals surface area contributed by atoms with E-state index in [0.717, 1.165) is 0 Å². The van der Waals surface area contributed by atoms with Crippen LogP contribution in [0.25, 0.3) is 0 Å². The van der Waals surface area contributed by atoms with E-state index in [1.54, 1.807) is 0 Å². The molecule has 0 aromatic rings. The van der Waals surface area contributed by atoms with Gasteiger partial charge in [-0.25, -0.2) is 0 Å². The van der Waals surface area contributed by atoms with Crippen molar-refractivity contribution in [2.24, 2.45) is 0 Å². The van der Waals surface area contributed by atoms with E-state index in [2.05, 4.69) is 0 Å². The van der Waals surface area contributed by atoms with Crippen LogP contribution < -0.4 is 0 Å². The highest BCUT2D eigenvalue weighted by Gasteiger charge is 2.23. The van der Waals surface area contributed by atoms with E-state index in [1.807, 2.05) is 53.5 Å². The molecule has 15 heavy (non-hydrogen) atoms. The monoisotopic (exact) mass is 203 g/mol. The number of nitrogens with zero attached hydrogens (tertiary/aromatic N) is 1. The van der Waals surface area contributed by atoms with Gasteiger partial charge in [0.25, 0.3) is 0 Å². The Morgan fingerprint density at radius 3 is 1.73 bits per heavy atom. The van der Waals surface area contributed by atoms with E-state index in [0.29, 0.717) is 0 Å². The minimum Gasteiger partial charge on any atom is -0.480 e. The number of carboxylic acids is 1. The lowest BCUT2D eigenvalue weighted by Crippen LogP contribution is -2.42. The highest BCUT2D eigenvalue weighted by atomic mass is 16.4. The van der Waals surface area contributed by atoms with Crippen LogP contribution >= 0.6 is 0 Å². The molecule has 0 aromatic heterocycles. The highest BCUT2D eigenvalue weighted by Crippen LogP contribution is 2.17. The number of hydrogen-bond acceptors (Lipinski definition) is 2. The Morgan fingerprint density at radius 1 is 1.00 bits per heavy atom. The summed E-state index contributed by atoms with van der Waals surface area (Å²) in [7, 11) is 0. The second-order valence-corrected chi connectivity index (χ2v) is 3.59. The van der Waals surface area contributed by atoms with E-state index in [-0.39, 0.29) is 18.6 Å². The number of carboxylic acid groups (broad SMARTS) is 1. The first-order chi connectivity index (χ1) is 7.27. The second kappa shape index (κ2) is 4.28. The fourth-order valence-corrected chi connectivity index (χ4v) is 1.85. The van der Waals surface area contributed by atoms with Gasteiger partial charge in [-0.2, -0.15) is 0 Å². The van der Waals surface area contributed by atoms with Crippen molar-refractivity contribution in [2.75, 3.05) is 6.54 Å². The van der Waals surface area contributed by atoms with Crippen LogP contribution in [0.5, 0.6) is 0 Å². The van der Waals surface area contributed by atoms with Crippen LogP contribution in [0.1, 0.15) is 0 Å². The Kier molecular flexibility index (Phi) is 2.83. The van der Waals surface area contributed by atoms with E-state index < -0.39 is 5.97 Å². The summed E-state index contributed by atoms with van der Waals surface area (Å²) < 4.78 is 0. The number of aliphatic carboxylic acids is 1. The summed E-state index contributed by atoms with van der Waals surface area (Å²) in [6.07, 6.45) is 15.8. The number of allylic oxidation sites excluding steroid dienone is 4. The van der Waals surface area contributed by atoms with Crippen LogP contribution in [0.4, 0.5) is 0 Å². The average molecular weight is 203 g/mol. The average Bonchev–Trinajstić information content (AvgIpc) is 2.87. The lowest BCUT2D eigenvalue weighted by atomic mass is 10.2. The zero-order valence-electron chi connectivity index (χ0n) is 8.28. The molecule has 0 saturated carbocycles. The molecule has 0 bridgehead atoms. The first kappa shape index (κ1) is 9.93. The molecule has 0 amide bonds. The third kappa shape index (κ3) is 2.25. The van der Waals surface area contributed by atoms with Crippen LogP contribution in [0.2, 0.25) is 0 Å². The Hall–Kier alpha value is -1.61. The molecule has 0 unspecified atom stereocenters. The maximum atomic E-state index is 10.8. The Morgan fingerprint density at radius 2 is 1.40 bits per heavy atom. The van der Waals surface area contributed by atoms with Crippen molar-refractivity contribution < 1.29 is 9.90 Å². The van der Waals surface area contributed by atoms with Gasteiger partial charge in [0.1, 0.15) is 0 Å². The smallest absolute Gasteiger partial charge is 0.317 e. The van der Waals surface area contributed by atoms with E-state index in [9.17, 15) is 4.79 Å². The van der Waals surface area contributed by atoms with E-state index in [4.69, 9.17) is 5.11 Å². The molecule has 2 rings (SSSR count). The summed E-state index contributed by atoms with van der Waals surface area (Å²) in [4.78, 5) is 12.7. The molecule has 0 fully saturated rings. The molecular formula is C12H13NO2. The Labute approximate surface area is 88.7 Å². The van der Waals surface area contributed by atoms with Crippen molar-refractivity contribution >= 4 is 5.97 Å². The lowest BCUT2D eigenvalue weighted by molar-refractivity contribution is -0.138. The van der Waals surface area contributed by atoms with Crippen LogP contribution in [-0.4, -0.2) is 34.6 Å². The molecule has 0 aliphatic heterocycles. The summed E-state index contributed by atoms with van der Waals surface area (Å²) in [6, 6.07) is 0.192. The van der Waals surface area contributed by atoms with Gasteiger partial charge in [0.2, 0.25) is 0 Å². The number of rotatable bonds is 4. The van der Waals surface area contributed by atoms with Crippen molar-refractivity contribution in [3.63, 3.8) is 0 Å². The summed E-state index contributed by atoms with van der Waals surface area (Å²) in [6.45, 7) is 0.0543. The molecule has 0 heterocycles. The number of hydrogen-bond donors (Lipinski definition) is 1. The predicted octanol–water partition coefficient (Wildman–Crippen LogP) is 1.36. The van der Waals surface area contributed by atoms with Crippen molar-refractivity contribution in [3.05, 3.63) is 48.6 Å². The van der Waals surface area contributed by atoms with Gasteiger partial charge in [-0.05, 0) is 0 Å². The molecule has 78 valence electrons. The molecule has 0 radical (unpaired) electrons. The van der Waals surface area contributed by atoms with E-state index in [1.165, 1.54) is 0 Å². The molecule has 0 saturated heterocycles. The fraction of sp³-hybridized carbons (Fsp3) is 0.250. The van der Waals surface area contributed by atoms with Gasteiger partial charge < -0.3 is 5.11 Å². The van der Waals surface area contributed by atoms with Gasteiger partial charge >= 0.3 is 5.97 Å². The van der Waals surface area contributed by atoms with Crippen LogP contribution in [-0.2, 0) is 4.79 Å². The van der Waals surface area contributed by atoms with Crippen molar-refractivity contribution in [1.82, 2.24) is 4.90 Å². The molecule has 0 spiro atoms. The highest BCUT2D eigenvalue weighted by molar-refractivity contribution is 5.69. The zero-order chi connectivity index (χ0) is 10.7. The fourth-order valence-electron chi connectivity index (χ4n) is 1.85. The SMILES string of the molecule is O=C(O)CN(C1C=CC=C1)C1C=CC=C1. The predicted molar refractivity (Wildman–Crippen MR) is 58.5 cm³/mol. The first-order valence-corrected chi connectivity index (χ1v) is 4.95. The van der Waals surface area contributed by atoms with Crippen molar-refractivity contribution in [1.29, 1.82) is 0 Å². The molecule has 2 aliphatic rings. The quantitative estimate of drug-likeness (QED) is 0.750. The number of carbonyl (C=O) groups is 1. The van der Waals surface area contributed by atoms with Crippen LogP contribution in [0, 0.1) is 0 Å². The molecule has 3 heteroatoms. The van der Waals surface area contributed by atoms with Crippen molar-refractivity contribution in [3.8, 4) is 0 Å². The van der Waals surface area contributed by atoms with Gasteiger partial charge in [-0.15, -0.1) is 0 Å². The minimum absolute atomic E-state index is 0.0543. The molecule has 3 nitrogen and oxygen atoms in total. The maximum Gasteiger partial charge on any atom is 0.317 e. The van der Waals surface area contributed by atoms with Crippen LogP contribution in [0.15, 0.2) is 48.6 Å². The molecule has 0 atom stereocenters. The normalized spacial score (nSPS) is 19.8. The minimum atomic E-state index is -0.794. The Bertz CT molecular complexity index is 314. The Balaban J connectivity index is 2.11. The molecule has 1 N–H and O–H groups in total. The first-order valence-electron chi connectivity index (χ1n) is 4.95. The summed E-state index contributed by atoms with van der Waals surface area (Å²) in [5.74, 6) is -0.794. The molecule has 0 aromatic carbocycles. The maximum absolute atomic E-state index is 10.8. The van der Waals surface area contributed by atoms with Crippen molar-refractivity contribution in [2.45, 2.75) is 12.1 Å². The lowest BCUT2D eigenvalue weighted by Gasteiger charge is -2.28. The topological polar surface area (TPSA) is 40.5 Å². The van der Waals surface area contributed by atoms with Gasteiger partial charge in [0.15, 0.2) is 0 Å². The molecular weight excluding hydrogens is 190 g/mol. The zero-order valence-corrected chi connectivity index (χ0v) is 8.28. The third-order valence-corrected chi connectivity index (χ3v) is 2.54. The summed E-state index contributed by atoms with van der Waals surface area (Å²) in [5, 5.41) is 8.87. The third-order valence-electron chi connectivity index (χ3n) is 2.54. The van der Waals surface area contributed by atoms with E-state index >= 15 is 0 Å². The summed E-state index contributed by atoms with van der Waals surface area (Å²) >= 11 is 0. The van der Waals surface area contributed by atoms with Gasteiger partial charge in [-0.1, -0.05) is 48.6 Å². The standard InChI is InChI=1S/C12H13NO2/c14-12(15)9-13(10-5-1-2-6-10)11-7-3-4-8-11/h1-8,10-11H,9H2,(H,14,15). The van der Waals surface area contributed by atoms with Crippen LogP contribution in [0.3, 0.4) is 0 Å².